The Morgan fingerprint density at radius 1 is 1.38 bits per heavy atom. The lowest BCUT2D eigenvalue weighted by molar-refractivity contribution is -0.146. The lowest BCUT2D eigenvalue weighted by atomic mass is 10.2. The molecule has 46 valence electrons. The van der Waals surface area contributed by atoms with Crippen molar-refractivity contribution in [3.05, 3.63) is 0 Å². The second-order valence-electron chi connectivity index (χ2n) is 1.94. The molecule has 0 aromatic heterocycles. The zero-order chi connectivity index (χ0) is 6.62. The minimum absolute atomic E-state index is 0.258. The third-order valence-corrected chi connectivity index (χ3v) is 0.636. The second kappa shape index (κ2) is 2.45. The maximum atomic E-state index is 9.93. The van der Waals surface area contributed by atoms with Crippen molar-refractivity contribution in [1.29, 1.82) is 0 Å². The summed E-state index contributed by atoms with van der Waals surface area (Å²) in [6, 6.07) is 0. The zero-order valence-corrected chi connectivity index (χ0v) is 4.88. The van der Waals surface area contributed by atoms with Gasteiger partial charge in [0.1, 0.15) is 0 Å². The van der Waals surface area contributed by atoms with E-state index in [-0.39, 0.29) is 6.47 Å². The topological polar surface area (TPSA) is 43.4 Å². The molecule has 0 aromatic rings. The summed E-state index contributed by atoms with van der Waals surface area (Å²) in [6.45, 7) is 3.28. The van der Waals surface area contributed by atoms with E-state index in [1.807, 2.05) is 0 Å². The van der Waals surface area contributed by atoms with Crippen LogP contribution in [0, 0.1) is 0 Å². The van der Waals surface area contributed by atoms with E-state index in [0.717, 1.165) is 0 Å². The average molecular weight is 116 g/mol. The number of hydrogen-bond acceptors (Lipinski definition) is 3. The summed E-state index contributed by atoms with van der Waals surface area (Å²) in [5, 5.41) is 0. The van der Waals surface area contributed by atoms with Gasteiger partial charge >= 0.3 is 0 Å². The Morgan fingerprint density at radius 3 is 2.00 bits per heavy atom. The van der Waals surface area contributed by atoms with E-state index in [1.54, 1.807) is 0 Å². The molecule has 3 nitrogen and oxygen atoms in total. The van der Waals surface area contributed by atoms with Gasteiger partial charge in [0.15, 0.2) is 11.9 Å². The molecule has 0 aliphatic carbocycles. The fraction of sp³-hybridized carbons (Fsp3) is 0.600. The Balaban J connectivity index is 3.70. The van der Waals surface area contributed by atoms with Gasteiger partial charge < -0.3 is 4.74 Å². The first-order valence-corrected chi connectivity index (χ1v) is 2.20. The number of carbonyl (C=O) groups excluding carboxylic acids is 2. The van der Waals surface area contributed by atoms with E-state index < -0.39 is 5.60 Å². The third kappa shape index (κ3) is 2.34. The Bertz CT molecular complexity index is 95.8. The Kier molecular flexibility index (Phi) is 2.19. The van der Waals surface area contributed by atoms with Crippen molar-refractivity contribution in [2.24, 2.45) is 0 Å². The van der Waals surface area contributed by atoms with Crippen molar-refractivity contribution in [3.8, 4) is 0 Å². The Labute approximate surface area is 47.6 Å². The summed E-state index contributed by atoms with van der Waals surface area (Å²) < 4.78 is 4.33. The quantitative estimate of drug-likeness (QED) is 0.492. The van der Waals surface area contributed by atoms with Crippen molar-refractivity contribution in [2.75, 3.05) is 0 Å². The summed E-state index contributed by atoms with van der Waals surface area (Å²) >= 11 is 0. The van der Waals surface area contributed by atoms with Gasteiger partial charge in [-0.3, -0.25) is 9.59 Å². The molecule has 0 aliphatic rings. The highest BCUT2D eigenvalue weighted by atomic mass is 16.5. The highest BCUT2D eigenvalue weighted by Gasteiger charge is 2.15. The van der Waals surface area contributed by atoms with Gasteiger partial charge in [0.25, 0.3) is 6.47 Å². The van der Waals surface area contributed by atoms with Crippen LogP contribution in [0.5, 0.6) is 0 Å². The van der Waals surface area contributed by atoms with Crippen LogP contribution in [0.25, 0.3) is 0 Å². The lowest BCUT2D eigenvalue weighted by Gasteiger charge is -2.12. The minimum atomic E-state index is -0.957. The largest absolute Gasteiger partial charge is 0.454 e. The zero-order valence-electron chi connectivity index (χ0n) is 4.88. The first kappa shape index (κ1) is 7.14. The molecule has 0 heterocycles. The fourth-order valence-corrected chi connectivity index (χ4v) is 0.152. The summed E-state index contributed by atoms with van der Waals surface area (Å²) in [4.78, 5) is 19.5. The van der Waals surface area contributed by atoms with Gasteiger partial charge in [-0.25, -0.2) is 0 Å². The Morgan fingerprint density at radius 2 is 1.88 bits per heavy atom. The molecule has 0 spiro atoms. The number of hydrogen-bond donors (Lipinski definition) is 0. The van der Waals surface area contributed by atoms with E-state index in [2.05, 4.69) is 4.74 Å². The summed E-state index contributed by atoms with van der Waals surface area (Å²) in [6.07, 6.45) is 0.571. The van der Waals surface area contributed by atoms with E-state index in [9.17, 15) is 9.59 Å². The molecule has 0 aliphatic heterocycles. The molecule has 0 radical (unpaired) electrons. The maximum absolute atomic E-state index is 9.93. The van der Waals surface area contributed by atoms with Crippen molar-refractivity contribution >= 4 is 12.8 Å². The molecule has 0 bridgehead atoms. The molecule has 0 amide bonds. The first-order chi connectivity index (χ1) is 3.62. The van der Waals surface area contributed by atoms with Gasteiger partial charge in [0.2, 0.25) is 0 Å². The van der Waals surface area contributed by atoms with Gasteiger partial charge in [-0.05, 0) is 13.8 Å². The SMILES string of the molecule is CC(C)(C=O)OC=O. The van der Waals surface area contributed by atoms with Crippen LogP contribution in [0.1, 0.15) is 13.8 Å². The molecule has 0 fully saturated rings. The molecule has 0 unspecified atom stereocenters. The third-order valence-electron chi connectivity index (χ3n) is 0.636. The van der Waals surface area contributed by atoms with E-state index >= 15 is 0 Å². The number of carbonyl (C=O) groups is 2. The number of rotatable bonds is 3. The van der Waals surface area contributed by atoms with Crippen molar-refractivity contribution < 1.29 is 14.3 Å². The highest BCUT2D eigenvalue weighted by molar-refractivity contribution is 5.63. The molecule has 0 saturated heterocycles. The minimum Gasteiger partial charge on any atom is -0.454 e. The van der Waals surface area contributed by atoms with Crippen LogP contribution in [-0.2, 0) is 14.3 Å². The highest BCUT2D eigenvalue weighted by Crippen LogP contribution is 2.00. The number of ether oxygens (including phenoxy) is 1. The van der Waals surface area contributed by atoms with Gasteiger partial charge in [-0.15, -0.1) is 0 Å². The number of aldehydes is 1. The van der Waals surface area contributed by atoms with Gasteiger partial charge in [-0.2, -0.15) is 0 Å². The first-order valence-electron chi connectivity index (χ1n) is 2.20. The fourth-order valence-electron chi connectivity index (χ4n) is 0.152. The van der Waals surface area contributed by atoms with E-state index in [1.165, 1.54) is 13.8 Å². The standard InChI is InChI=1S/C5H8O3/c1-5(2,3-6)8-4-7/h3-4H,1-2H3. The molecule has 8 heavy (non-hydrogen) atoms. The monoisotopic (exact) mass is 116 g/mol. The van der Waals surface area contributed by atoms with Crippen LogP contribution < -0.4 is 0 Å². The molecule has 0 rings (SSSR count). The predicted molar refractivity (Wildman–Crippen MR) is 27.3 cm³/mol. The van der Waals surface area contributed by atoms with Crippen LogP contribution >= 0.6 is 0 Å². The molecular weight excluding hydrogens is 108 g/mol. The second-order valence-corrected chi connectivity index (χ2v) is 1.94. The molecular formula is C5H8O3. The predicted octanol–water partition coefficient (Wildman–Crippen LogP) is 0.137. The van der Waals surface area contributed by atoms with Gasteiger partial charge in [0.05, 0.1) is 0 Å². The van der Waals surface area contributed by atoms with Crippen LogP contribution in [0.15, 0.2) is 0 Å². The average Bonchev–Trinajstić information content (AvgIpc) is 1.67. The molecule has 0 N–H and O–H groups in total. The van der Waals surface area contributed by atoms with Crippen LogP contribution in [-0.4, -0.2) is 18.4 Å². The molecule has 0 saturated carbocycles. The normalized spacial score (nSPS) is 10.2. The van der Waals surface area contributed by atoms with Crippen molar-refractivity contribution in [3.63, 3.8) is 0 Å². The maximum Gasteiger partial charge on any atom is 0.294 e. The van der Waals surface area contributed by atoms with Crippen molar-refractivity contribution in [2.45, 2.75) is 19.4 Å². The van der Waals surface area contributed by atoms with Crippen molar-refractivity contribution in [1.82, 2.24) is 0 Å². The molecule has 0 atom stereocenters. The Hall–Kier alpha value is -0.860. The van der Waals surface area contributed by atoms with Crippen LogP contribution in [0.2, 0.25) is 0 Å². The smallest absolute Gasteiger partial charge is 0.294 e. The molecule has 0 aromatic carbocycles. The van der Waals surface area contributed by atoms with Crippen LogP contribution in [0.4, 0.5) is 0 Å². The van der Waals surface area contributed by atoms with E-state index in [0.29, 0.717) is 6.29 Å². The van der Waals surface area contributed by atoms with Crippen LogP contribution in [0.3, 0.4) is 0 Å². The summed E-state index contributed by atoms with van der Waals surface area (Å²) in [7, 11) is 0. The lowest BCUT2D eigenvalue weighted by Crippen LogP contribution is -2.24. The summed E-state index contributed by atoms with van der Waals surface area (Å²) in [5.74, 6) is 0. The van der Waals surface area contributed by atoms with E-state index in [4.69, 9.17) is 0 Å². The summed E-state index contributed by atoms with van der Waals surface area (Å²) in [5.41, 5.74) is -0.957. The van der Waals surface area contributed by atoms with Gasteiger partial charge in [0, 0.05) is 0 Å². The van der Waals surface area contributed by atoms with Gasteiger partial charge in [-0.1, -0.05) is 0 Å². The molecule has 3 heteroatoms.